The number of pyridine rings is 1. The van der Waals surface area contributed by atoms with E-state index in [4.69, 9.17) is 9.47 Å². The number of aryl methyl sites for hydroxylation is 2. The maximum absolute atomic E-state index is 13.9. The highest BCUT2D eigenvalue weighted by Gasteiger charge is 2.51. The Bertz CT molecular complexity index is 1020. The summed E-state index contributed by atoms with van der Waals surface area (Å²) in [5, 5.41) is 2.07. The molecule has 4 aliphatic rings. The Hall–Kier alpha value is -1.48. The summed E-state index contributed by atoms with van der Waals surface area (Å²) in [5.41, 5.74) is 1.27. The van der Waals surface area contributed by atoms with Crippen molar-refractivity contribution in [3.8, 4) is 5.75 Å². The van der Waals surface area contributed by atoms with Gasteiger partial charge in [0, 0.05) is 29.3 Å². The van der Waals surface area contributed by atoms with Gasteiger partial charge in [-0.3, -0.25) is 9.88 Å². The monoisotopic (exact) mass is 577 g/mol. The Labute approximate surface area is 230 Å². The predicted molar refractivity (Wildman–Crippen MR) is 139 cm³/mol. The van der Waals surface area contributed by atoms with Crippen molar-refractivity contribution in [3.63, 3.8) is 0 Å². The number of ether oxygens (including phenoxy) is 2. The molecule has 2 aromatic rings. The van der Waals surface area contributed by atoms with Gasteiger partial charge in [-0.15, -0.1) is 11.3 Å². The summed E-state index contributed by atoms with van der Waals surface area (Å²) in [7, 11) is 0. The molecule has 198 valence electrons. The Balaban J connectivity index is 0.00000304. The van der Waals surface area contributed by atoms with Crippen molar-refractivity contribution in [2.75, 3.05) is 45.9 Å². The SMILES string of the molecule is Cc1ccc(OCC[N+]23CCC(CC2)[C@@H](OC(=O)C(C)(c2cccs2)N2CCCCC2)C3)c(C)n1.[Br-]. The van der Waals surface area contributed by atoms with Crippen molar-refractivity contribution in [1.29, 1.82) is 0 Å². The molecule has 2 bridgehead atoms. The molecule has 0 amide bonds. The van der Waals surface area contributed by atoms with Crippen LogP contribution >= 0.6 is 11.3 Å². The topological polar surface area (TPSA) is 51.7 Å². The van der Waals surface area contributed by atoms with Crippen molar-refractivity contribution in [3.05, 3.63) is 45.9 Å². The number of halogens is 1. The molecule has 6 heterocycles. The number of carbonyl (C=O) groups is 1. The van der Waals surface area contributed by atoms with Crippen LogP contribution in [0.2, 0.25) is 0 Å². The van der Waals surface area contributed by atoms with Gasteiger partial charge in [0.15, 0.2) is 11.6 Å². The number of nitrogens with zero attached hydrogens (tertiary/aromatic N) is 3. The van der Waals surface area contributed by atoms with Crippen molar-refractivity contribution >= 4 is 17.3 Å². The molecule has 0 spiro atoms. The van der Waals surface area contributed by atoms with Crippen LogP contribution in [0.5, 0.6) is 5.75 Å². The van der Waals surface area contributed by atoms with Crippen molar-refractivity contribution in [1.82, 2.24) is 9.88 Å². The quantitative estimate of drug-likeness (QED) is 0.353. The lowest BCUT2D eigenvalue weighted by Gasteiger charge is -2.52. The summed E-state index contributed by atoms with van der Waals surface area (Å²) in [6.07, 6.45) is 5.80. The number of hydrogen-bond acceptors (Lipinski definition) is 6. The zero-order valence-corrected chi connectivity index (χ0v) is 24.3. The summed E-state index contributed by atoms with van der Waals surface area (Å²) in [5.74, 6) is 1.30. The minimum Gasteiger partial charge on any atom is -1.00 e. The fourth-order valence-corrected chi connectivity index (χ4v) is 7.28. The van der Waals surface area contributed by atoms with Crippen LogP contribution in [0.4, 0.5) is 0 Å². The Morgan fingerprint density at radius 1 is 1.17 bits per heavy atom. The van der Waals surface area contributed by atoms with Crippen LogP contribution in [0.25, 0.3) is 0 Å². The molecule has 0 N–H and O–H groups in total. The van der Waals surface area contributed by atoms with E-state index < -0.39 is 5.54 Å². The van der Waals surface area contributed by atoms with Gasteiger partial charge < -0.3 is 30.9 Å². The van der Waals surface area contributed by atoms with Crippen molar-refractivity contribution < 1.29 is 35.7 Å². The maximum atomic E-state index is 13.9. The van der Waals surface area contributed by atoms with Gasteiger partial charge in [-0.05, 0) is 70.3 Å². The smallest absolute Gasteiger partial charge is 0.332 e. The number of piperidine rings is 4. The van der Waals surface area contributed by atoms with Gasteiger partial charge >= 0.3 is 5.97 Å². The van der Waals surface area contributed by atoms with Gasteiger partial charge in [-0.2, -0.15) is 0 Å². The largest absolute Gasteiger partial charge is 1.00 e. The number of rotatable bonds is 8. The Kier molecular flexibility index (Phi) is 8.80. The highest BCUT2D eigenvalue weighted by molar-refractivity contribution is 7.10. The molecule has 8 heteroatoms. The van der Waals surface area contributed by atoms with Crippen LogP contribution in [-0.2, 0) is 15.1 Å². The minimum absolute atomic E-state index is 0. The molecule has 1 unspecified atom stereocenters. The third kappa shape index (κ3) is 5.52. The molecule has 0 radical (unpaired) electrons. The maximum Gasteiger partial charge on any atom is 0.332 e. The van der Waals surface area contributed by atoms with Crippen molar-refractivity contribution in [2.24, 2.45) is 5.92 Å². The van der Waals surface area contributed by atoms with Crippen LogP contribution in [0.3, 0.4) is 0 Å². The van der Waals surface area contributed by atoms with Crippen LogP contribution in [0.1, 0.15) is 55.3 Å². The van der Waals surface area contributed by atoms with E-state index in [-0.39, 0.29) is 29.1 Å². The van der Waals surface area contributed by atoms with E-state index >= 15 is 0 Å². The first-order chi connectivity index (χ1) is 16.9. The van der Waals surface area contributed by atoms with E-state index in [1.54, 1.807) is 11.3 Å². The van der Waals surface area contributed by atoms with Gasteiger partial charge in [0.2, 0.25) is 0 Å². The number of quaternary nitrogens is 1. The van der Waals surface area contributed by atoms with E-state index in [0.29, 0.717) is 12.5 Å². The fraction of sp³-hybridized carbons (Fsp3) is 0.643. The lowest BCUT2D eigenvalue weighted by molar-refractivity contribution is -0.946. The predicted octanol–water partition coefficient (Wildman–Crippen LogP) is 1.70. The second-order valence-corrected chi connectivity index (χ2v) is 11.9. The molecular weight excluding hydrogens is 538 g/mol. The standard InChI is InChI=1S/C28H40N3O3S.BrH/c1-21-9-10-24(22(2)29-21)33-18-17-31-15-11-23(12-16-31)25(20-31)34-27(32)28(3,26-8-7-19-35-26)30-13-5-4-6-14-30;/h7-10,19,23,25H,4-6,11-18,20H2,1-3H3;1H/q+1;/p-1/t23?,25-,28?,31?;/m0./s1. The lowest BCUT2D eigenvalue weighted by atomic mass is 9.83. The van der Waals surface area contributed by atoms with Gasteiger partial charge in [-0.25, -0.2) is 4.79 Å². The van der Waals surface area contributed by atoms with Crippen LogP contribution < -0.4 is 21.7 Å². The molecule has 6 rings (SSSR count). The Morgan fingerprint density at radius 2 is 1.92 bits per heavy atom. The van der Waals surface area contributed by atoms with Gasteiger partial charge in [0.25, 0.3) is 0 Å². The first-order valence-electron chi connectivity index (χ1n) is 13.3. The first-order valence-corrected chi connectivity index (χ1v) is 14.2. The number of likely N-dealkylation sites (tertiary alicyclic amines) is 1. The second-order valence-electron chi connectivity index (χ2n) is 11.0. The summed E-state index contributed by atoms with van der Waals surface area (Å²) >= 11 is 1.67. The van der Waals surface area contributed by atoms with Crippen molar-refractivity contribution in [2.45, 2.75) is 64.5 Å². The molecule has 0 aromatic carbocycles. The van der Waals surface area contributed by atoms with Gasteiger partial charge in [-0.1, -0.05) is 12.5 Å². The highest BCUT2D eigenvalue weighted by atomic mass is 79.9. The van der Waals surface area contributed by atoms with E-state index in [1.807, 2.05) is 26.0 Å². The molecule has 4 aliphatic heterocycles. The number of carbonyl (C=O) groups excluding carboxylic acids is 1. The highest BCUT2D eigenvalue weighted by Crippen LogP contribution is 2.39. The number of esters is 1. The zero-order chi connectivity index (χ0) is 24.5. The molecule has 6 nitrogen and oxygen atoms in total. The van der Waals surface area contributed by atoms with E-state index in [0.717, 1.165) is 91.4 Å². The van der Waals surface area contributed by atoms with Crippen LogP contribution in [0, 0.1) is 19.8 Å². The molecule has 0 aliphatic carbocycles. The average Bonchev–Trinajstić information content (AvgIpc) is 3.42. The van der Waals surface area contributed by atoms with E-state index in [9.17, 15) is 4.79 Å². The molecular formula is C28H40BrN3O3S. The fourth-order valence-electron chi connectivity index (χ4n) is 6.38. The zero-order valence-electron chi connectivity index (χ0n) is 21.9. The third-order valence-electron chi connectivity index (χ3n) is 8.69. The molecule has 0 saturated carbocycles. The molecule has 4 fully saturated rings. The van der Waals surface area contributed by atoms with Crippen LogP contribution in [0.15, 0.2) is 29.6 Å². The summed E-state index contributed by atoms with van der Waals surface area (Å²) in [6.45, 7) is 12.8. The van der Waals surface area contributed by atoms with E-state index in [1.165, 1.54) is 6.42 Å². The number of thiophene rings is 1. The van der Waals surface area contributed by atoms with Gasteiger partial charge in [0.1, 0.15) is 25.4 Å². The summed E-state index contributed by atoms with van der Waals surface area (Å²) in [6, 6.07) is 8.18. The molecule has 2 aromatic heterocycles. The lowest BCUT2D eigenvalue weighted by Crippen LogP contribution is -3.00. The molecule has 36 heavy (non-hydrogen) atoms. The number of fused-ring (bicyclic) bond motifs is 3. The van der Waals surface area contributed by atoms with E-state index in [2.05, 4.69) is 34.3 Å². The number of aromatic nitrogens is 1. The molecule has 2 atom stereocenters. The van der Waals surface area contributed by atoms with Crippen LogP contribution in [-0.4, -0.2) is 72.3 Å². The normalized spacial score (nSPS) is 27.6. The second kappa shape index (κ2) is 11.5. The first kappa shape index (κ1) is 27.6. The summed E-state index contributed by atoms with van der Waals surface area (Å²) in [4.78, 5) is 21.9. The Morgan fingerprint density at radius 3 is 2.58 bits per heavy atom. The summed E-state index contributed by atoms with van der Waals surface area (Å²) < 4.78 is 13.6. The average molecular weight is 579 g/mol. The van der Waals surface area contributed by atoms with Gasteiger partial charge in [0.05, 0.1) is 18.8 Å². The number of hydrogen-bond donors (Lipinski definition) is 0. The molecule has 4 saturated heterocycles. The minimum atomic E-state index is -0.690. The third-order valence-corrected chi connectivity index (χ3v) is 9.77.